The molecule has 3 N–H and O–H groups in total. The molecule has 1 aromatic heterocycles. The Morgan fingerprint density at radius 2 is 2.04 bits per heavy atom. The van der Waals surface area contributed by atoms with Crippen LogP contribution in [0.1, 0.15) is 31.0 Å². The first-order valence-electron chi connectivity index (χ1n) is 9.90. The molecule has 1 aromatic carbocycles. The average Bonchev–Trinajstić information content (AvgIpc) is 3.01. The van der Waals surface area contributed by atoms with E-state index in [4.69, 9.17) is 4.74 Å². The molecule has 0 spiro atoms. The van der Waals surface area contributed by atoms with Gasteiger partial charge in [0.15, 0.2) is 5.96 Å². The van der Waals surface area contributed by atoms with E-state index < -0.39 is 0 Å². The fourth-order valence-corrected chi connectivity index (χ4v) is 5.09. The minimum Gasteiger partial charge on any atom is -0.381 e. The Morgan fingerprint density at radius 1 is 1.26 bits per heavy atom. The average molecular weight is 389 g/mol. The first-order chi connectivity index (χ1) is 13.2. The Bertz CT molecular complexity index is 759. The van der Waals surface area contributed by atoms with Crippen molar-refractivity contribution in [3.05, 3.63) is 35.5 Å². The van der Waals surface area contributed by atoms with Crippen LogP contribution in [0.25, 0.3) is 10.9 Å². The molecule has 0 unspecified atom stereocenters. The zero-order valence-electron chi connectivity index (χ0n) is 16.7. The lowest BCUT2D eigenvalue weighted by Crippen LogP contribution is -2.48. The number of ether oxygens (including phenoxy) is 1. The van der Waals surface area contributed by atoms with Gasteiger partial charge in [-0.3, -0.25) is 4.99 Å². The highest BCUT2D eigenvalue weighted by Crippen LogP contribution is 2.34. The van der Waals surface area contributed by atoms with E-state index in [-0.39, 0.29) is 4.75 Å². The van der Waals surface area contributed by atoms with Crippen molar-refractivity contribution in [1.29, 1.82) is 0 Å². The molecule has 1 aliphatic rings. The fraction of sp³-hybridized carbons (Fsp3) is 0.571. The molecular formula is C21H32N4OS. The molecule has 1 aliphatic heterocycles. The molecule has 2 heterocycles. The Balaban J connectivity index is 1.54. The topological polar surface area (TPSA) is 61.4 Å². The molecule has 0 saturated carbocycles. The maximum absolute atomic E-state index is 5.57. The molecule has 0 radical (unpaired) electrons. The van der Waals surface area contributed by atoms with Gasteiger partial charge in [-0.15, -0.1) is 0 Å². The summed E-state index contributed by atoms with van der Waals surface area (Å²) >= 11 is 2.05. The number of nitrogens with one attached hydrogen (secondary N) is 3. The smallest absolute Gasteiger partial charge is 0.191 e. The number of aryl methyl sites for hydroxylation is 1. The van der Waals surface area contributed by atoms with E-state index in [1.165, 1.54) is 22.2 Å². The van der Waals surface area contributed by atoms with Gasteiger partial charge in [-0.25, -0.2) is 0 Å². The summed E-state index contributed by atoms with van der Waals surface area (Å²) in [4.78, 5) is 7.89. The van der Waals surface area contributed by atoms with Crippen molar-refractivity contribution in [1.82, 2.24) is 15.6 Å². The third kappa shape index (κ3) is 4.99. The summed E-state index contributed by atoms with van der Waals surface area (Å²) < 4.78 is 5.83. The number of thioether (sulfide) groups is 1. The second-order valence-electron chi connectivity index (χ2n) is 7.11. The summed E-state index contributed by atoms with van der Waals surface area (Å²) in [7, 11) is 1.84. The van der Waals surface area contributed by atoms with Gasteiger partial charge in [0.1, 0.15) is 0 Å². The molecule has 3 rings (SSSR count). The van der Waals surface area contributed by atoms with E-state index in [1.54, 1.807) is 0 Å². The molecule has 148 valence electrons. The van der Waals surface area contributed by atoms with E-state index in [1.807, 2.05) is 18.8 Å². The van der Waals surface area contributed by atoms with Gasteiger partial charge in [-0.2, -0.15) is 11.8 Å². The molecule has 6 heteroatoms. The molecule has 5 nitrogen and oxygen atoms in total. The standard InChI is InChI=1S/C21H32N4OS/c1-4-27-21(10-13-26-14-11-21)15-24-20(22-3)23-12-9-17-16(2)25-19-8-6-5-7-18(17)19/h5-8,25H,4,9-15H2,1-3H3,(H2,22,23,24). The van der Waals surface area contributed by atoms with E-state index in [0.29, 0.717) is 0 Å². The lowest BCUT2D eigenvalue weighted by Gasteiger charge is -2.37. The van der Waals surface area contributed by atoms with Crippen LogP contribution in [0.2, 0.25) is 0 Å². The minimum atomic E-state index is 0.262. The maximum atomic E-state index is 5.57. The number of hydrogen-bond donors (Lipinski definition) is 3. The van der Waals surface area contributed by atoms with Crippen LogP contribution in [0.5, 0.6) is 0 Å². The number of nitrogens with zero attached hydrogens (tertiary/aromatic N) is 1. The first-order valence-corrected chi connectivity index (χ1v) is 10.9. The Labute approximate surface area is 166 Å². The molecular weight excluding hydrogens is 356 g/mol. The number of para-hydroxylation sites is 1. The maximum Gasteiger partial charge on any atom is 0.191 e. The van der Waals surface area contributed by atoms with Crippen molar-refractivity contribution in [3.8, 4) is 0 Å². The number of hydrogen-bond acceptors (Lipinski definition) is 3. The molecule has 0 bridgehead atoms. The number of aromatic nitrogens is 1. The number of aliphatic imine (C=N–C) groups is 1. The molecule has 0 atom stereocenters. The largest absolute Gasteiger partial charge is 0.381 e. The van der Waals surface area contributed by atoms with Crippen LogP contribution in [0, 0.1) is 6.92 Å². The van der Waals surface area contributed by atoms with E-state index >= 15 is 0 Å². The Morgan fingerprint density at radius 3 is 2.78 bits per heavy atom. The molecule has 2 aromatic rings. The van der Waals surface area contributed by atoms with E-state index in [9.17, 15) is 0 Å². The number of guanidine groups is 1. The second-order valence-corrected chi connectivity index (χ2v) is 8.84. The summed E-state index contributed by atoms with van der Waals surface area (Å²) in [6, 6.07) is 8.51. The molecule has 0 aliphatic carbocycles. The van der Waals surface area contributed by atoms with Gasteiger partial charge in [0.05, 0.1) is 0 Å². The third-order valence-corrected chi connectivity index (χ3v) is 6.80. The van der Waals surface area contributed by atoms with Crippen molar-refractivity contribution in [2.75, 3.05) is 39.1 Å². The Hall–Kier alpha value is -1.66. The number of rotatable bonds is 7. The van der Waals surface area contributed by atoms with Gasteiger partial charge in [0, 0.05) is 54.7 Å². The lowest BCUT2D eigenvalue weighted by molar-refractivity contribution is 0.0782. The van der Waals surface area contributed by atoms with Gasteiger partial charge in [-0.1, -0.05) is 25.1 Å². The number of aromatic amines is 1. The van der Waals surface area contributed by atoms with Crippen LogP contribution >= 0.6 is 11.8 Å². The molecule has 1 saturated heterocycles. The molecule has 27 heavy (non-hydrogen) atoms. The van der Waals surface area contributed by atoms with Crippen molar-refractivity contribution in [2.45, 2.75) is 37.9 Å². The number of benzene rings is 1. The summed E-state index contributed by atoms with van der Waals surface area (Å²) in [5.74, 6) is 2.02. The second kappa shape index (κ2) is 9.51. The van der Waals surface area contributed by atoms with Crippen LogP contribution in [0.15, 0.2) is 29.3 Å². The zero-order valence-corrected chi connectivity index (χ0v) is 17.5. The highest BCUT2D eigenvalue weighted by Gasteiger charge is 2.32. The van der Waals surface area contributed by atoms with Crippen molar-refractivity contribution in [2.24, 2.45) is 4.99 Å². The predicted molar refractivity (Wildman–Crippen MR) is 117 cm³/mol. The van der Waals surface area contributed by atoms with Crippen molar-refractivity contribution >= 4 is 28.6 Å². The summed E-state index contributed by atoms with van der Waals surface area (Å²) in [5.41, 5.74) is 3.85. The third-order valence-electron chi connectivity index (χ3n) is 5.35. The molecule has 0 amide bonds. The SMILES string of the molecule is CCSC1(CNC(=NC)NCCc2c(C)[nH]c3ccccc23)CCOCC1. The molecule has 1 fully saturated rings. The van der Waals surface area contributed by atoms with Crippen LogP contribution in [0.4, 0.5) is 0 Å². The summed E-state index contributed by atoms with van der Waals surface area (Å²) in [5, 5.41) is 8.35. The fourth-order valence-electron chi connectivity index (χ4n) is 3.85. The van der Waals surface area contributed by atoms with Crippen molar-refractivity contribution < 1.29 is 4.74 Å². The highest BCUT2D eigenvalue weighted by molar-refractivity contribution is 8.00. The van der Waals surface area contributed by atoms with Crippen molar-refractivity contribution in [3.63, 3.8) is 0 Å². The van der Waals surface area contributed by atoms with Gasteiger partial charge < -0.3 is 20.4 Å². The van der Waals surface area contributed by atoms with Crippen LogP contribution < -0.4 is 10.6 Å². The Kier molecular flexibility index (Phi) is 7.07. The van der Waals surface area contributed by atoms with Gasteiger partial charge >= 0.3 is 0 Å². The zero-order chi connectivity index (χ0) is 19.1. The van der Waals surface area contributed by atoms with Gasteiger partial charge in [0.2, 0.25) is 0 Å². The van der Waals surface area contributed by atoms with Crippen LogP contribution in [-0.4, -0.2) is 54.8 Å². The van der Waals surface area contributed by atoms with Crippen LogP contribution in [-0.2, 0) is 11.2 Å². The monoisotopic (exact) mass is 388 g/mol. The van der Waals surface area contributed by atoms with E-state index in [0.717, 1.165) is 57.3 Å². The highest BCUT2D eigenvalue weighted by atomic mass is 32.2. The summed E-state index contributed by atoms with van der Waals surface area (Å²) in [6.45, 7) is 7.90. The predicted octanol–water partition coefficient (Wildman–Crippen LogP) is 3.49. The van der Waals surface area contributed by atoms with Gasteiger partial charge in [-0.05, 0) is 43.6 Å². The van der Waals surface area contributed by atoms with E-state index in [2.05, 4.69) is 58.7 Å². The van der Waals surface area contributed by atoms with Gasteiger partial charge in [0.25, 0.3) is 0 Å². The number of H-pyrrole nitrogens is 1. The summed E-state index contributed by atoms with van der Waals surface area (Å²) in [6.07, 6.45) is 3.17. The first kappa shape index (κ1) is 20.1. The lowest BCUT2D eigenvalue weighted by atomic mass is 9.99. The van der Waals surface area contributed by atoms with Crippen LogP contribution in [0.3, 0.4) is 0 Å². The normalized spacial score (nSPS) is 17.2. The quantitative estimate of drug-likeness (QED) is 0.502. The number of fused-ring (bicyclic) bond motifs is 1. The minimum absolute atomic E-state index is 0.262.